The van der Waals surface area contributed by atoms with Gasteiger partial charge in [0.15, 0.2) is 6.61 Å². The van der Waals surface area contributed by atoms with Gasteiger partial charge in [-0.2, -0.15) is 0 Å². The summed E-state index contributed by atoms with van der Waals surface area (Å²) in [6.45, 7) is 3.80. The van der Waals surface area contributed by atoms with Gasteiger partial charge < -0.3 is 9.30 Å². The number of aromatic nitrogens is 1. The van der Waals surface area contributed by atoms with E-state index in [9.17, 15) is 9.59 Å². The summed E-state index contributed by atoms with van der Waals surface area (Å²) in [5, 5.41) is 0.353. The van der Waals surface area contributed by atoms with Crippen LogP contribution >= 0.6 is 11.6 Å². The maximum absolute atomic E-state index is 12.0. The SMILES string of the molecule is Cc1cc(/C=C/C(=O)OCC(=O)c2ccccc2Cl)c(C)n1C1CC1. The van der Waals surface area contributed by atoms with Gasteiger partial charge in [-0.25, -0.2) is 4.79 Å². The number of benzene rings is 1. The molecule has 1 aromatic heterocycles. The molecule has 1 aromatic carbocycles. The van der Waals surface area contributed by atoms with Crippen LogP contribution in [0.15, 0.2) is 36.4 Å². The van der Waals surface area contributed by atoms with Gasteiger partial charge >= 0.3 is 5.97 Å². The highest BCUT2D eigenvalue weighted by atomic mass is 35.5. The third-order valence-corrected chi connectivity index (χ3v) is 4.68. The van der Waals surface area contributed by atoms with Crippen LogP contribution in [0.3, 0.4) is 0 Å². The lowest BCUT2D eigenvalue weighted by molar-refractivity contribution is -0.136. The average Bonchev–Trinajstić information content (AvgIpc) is 3.37. The molecule has 1 heterocycles. The minimum atomic E-state index is -0.545. The summed E-state index contributed by atoms with van der Waals surface area (Å²) >= 11 is 5.96. The van der Waals surface area contributed by atoms with E-state index in [-0.39, 0.29) is 12.4 Å². The molecule has 25 heavy (non-hydrogen) atoms. The molecule has 0 N–H and O–H groups in total. The Morgan fingerprint density at radius 2 is 2.00 bits per heavy atom. The zero-order valence-electron chi connectivity index (χ0n) is 14.3. The van der Waals surface area contributed by atoms with Gasteiger partial charge in [-0.05, 0) is 56.5 Å². The first-order valence-electron chi connectivity index (χ1n) is 8.28. The second-order valence-electron chi connectivity index (χ2n) is 6.27. The molecule has 4 nitrogen and oxygen atoms in total. The molecular weight excluding hydrogens is 338 g/mol. The topological polar surface area (TPSA) is 48.3 Å². The lowest BCUT2D eigenvalue weighted by Crippen LogP contribution is -2.12. The third kappa shape index (κ3) is 4.02. The number of hydrogen-bond donors (Lipinski definition) is 0. The molecule has 0 saturated heterocycles. The van der Waals surface area contributed by atoms with Crippen LogP contribution in [0.5, 0.6) is 0 Å². The molecule has 0 aliphatic heterocycles. The number of carbonyl (C=O) groups is 2. The minimum Gasteiger partial charge on any atom is -0.454 e. The Balaban J connectivity index is 1.59. The molecule has 5 heteroatoms. The largest absolute Gasteiger partial charge is 0.454 e. The fourth-order valence-corrected chi connectivity index (χ4v) is 3.21. The Morgan fingerprint density at radius 1 is 1.28 bits per heavy atom. The number of halogens is 1. The first-order chi connectivity index (χ1) is 12.0. The second kappa shape index (κ2) is 7.28. The van der Waals surface area contributed by atoms with Crippen LogP contribution < -0.4 is 0 Å². The quantitative estimate of drug-likeness (QED) is 0.433. The number of carbonyl (C=O) groups excluding carboxylic acids is 2. The van der Waals surface area contributed by atoms with Crippen molar-refractivity contribution in [2.45, 2.75) is 32.7 Å². The van der Waals surface area contributed by atoms with Gasteiger partial charge in [0.2, 0.25) is 5.78 Å². The summed E-state index contributed by atoms with van der Waals surface area (Å²) in [5.74, 6) is -0.865. The summed E-state index contributed by atoms with van der Waals surface area (Å²) in [5.41, 5.74) is 3.70. The maximum atomic E-state index is 12.0. The maximum Gasteiger partial charge on any atom is 0.331 e. The van der Waals surface area contributed by atoms with Crippen LogP contribution in [-0.2, 0) is 9.53 Å². The van der Waals surface area contributed by atoms with Crippen LogP contribution in [-0.4, -0.2) is 22.9 Å². The molecule has 0 atom stereocenters. The fourth-order valence-electron chi connectivity index (χ4n) is 2.97. The molecule has 130 valence electrons. The number of Topliss-reactive ketones (excluding diaryl/α,β-unsaturated/α-hetero) is 1. The molecular formula is C20H20ClNO3. The Bertz CT molecular complexity index is 847. The van der Waals surface area contributed by atoms with Gasteiger partial charge in [0.25, 0.3) is 0 Å². The number of aryl methyl sites for hydroxylation is 1. The van der Waals surface area contributed by atoms with Crippen molar-refractivity contribution in [2.24, 2.45) is 0 Å². The summed E-state index contributed by atoms with van der Waals surface area (Å²) in [6, 6.07) is 9.37. The number of rotatable bonds is 6. The highest BCUT2D eigenvalue weighted by Gasteiger charge is 2.26. The average molecular weight is 358 g/mol. The van der Waals surface area contributed by atoms with E-state index in [0.717, 1.165) is 11.3 Å². The van der Waals surface area contributed by atoms with Crippen LogP contribution in [0.1, 0.15) is 46.2 Å². The van der Waals surface area contributed by atoms with E-state index >= 15 is 0 Å². The minimum absolute atomic E-state index is 0.320. The molecule has 0 radical (unpaired) electrons. The van der Waals surface area contributed by atoms with E-state index in [0.29, 0.717) is 16.6 Å². The van der Waals surface area contributed by atoms with Gasteiger partial charge in [0.05, 0.1) is 5.02 Å². The van der Waals surface area contributed by atoms with Gasteiger partial charge in [-0.1, -0.05) is 23.7 Å². The van der Waals surface area contributed by atoms with Crippen molar-refractivity contribution in [2.75, 3.05) is 6.61 Å². The summed E-state index contributed by atoms with van der Waals surface area (Å²) in [6.07, 6.45) is 5.53. The monoisotopic (exact) mass is 357 g/mol. The van der Waals surface area contributed by atoms with Crippen molar-refractivity contribution >= 4 is 29.4 Å². The highest BCUT2D eigenvalue weighted by Crippen LogP contribution is 2.38. The number of nitrogens with zero attached hydrogens (tertiary/aromatic N) is 1. The van der Waals surface area contributed by atoms with Crippen LogP contribution in [0, 0.1) is 13.8 Å². The number of esters is 1. The van der Waals surface area contributed by atoms with Gasteiger partial charge in [-0.3, -0.25) is 4.79 Å². The fraction of sp³-hybridized carbons (Fsp3) is 0.300. The van der Waals surface area contributed by atoms with E-state index in [4.69, 9.17) is 16.3 Å². The van der Waals surface area contributed by atoms with E-state index in [2.05, 4.69) is 24.5 Å². The summed E-state index contributed by atoms with van der Waals surface area (Å²) in [7, 11) is 0. The molecule has 1 saturated carbocycles. The standard InChI is InChI=1S/C20H20ClNO3/c1-13-11-15(14(2)22(13)16-8-9-16)7-10-20(24)25-12-19(23)17-5-3-4-6-18(17)21/h3-7,10-11,16H,8-9,12H2,1-2H3/b10-7+. The smallest absolute Gasteiger partial charge is 0.331 e. The normalized spacial score (nSPS) is 14.0. The Kier molecular flexibility index (Phi) is 5.09. The Hall–Kier alpha value is -2.33. The molecule has 0 spiro atoms. The summed E-state index contributed by atoms with van der Waals surface area (Å²) < 4.78 is 7.34. The molecule has 1 fully saturated rings. The Labute approximate surface area is 152 Å². The third-order valence-electron chi connectivity index (χ3n) is 4.35. The molecule has 3 rings (SSSR count). The van der Waals surface area contributed by atoms with Crippen molar-refractivity contribution in [1.29, 1.82) is 0 Å². The molecule has 2 aromatic rings. The first kappa shape index (κ1) is 17.5. The van der Waals surface area contributed by atoms with Crippen molar-refractivity contribution < 1.29 is 14.3 Å². The van der Waals surface area contributed by atoms with Crippen molar-refractivity contribution in [3.8, 4) is 0 Å². The number of ether oxygens (including phenoxy) is 1. The van der Waals surface area contributed by atoms with Crippen molar-refractivity contribution in [3.63, 3.8) is 0 Å². The molecule has 0 bridgehead atoms. The molecule has 0 amide bonds. The number of hydrogen-bond acceptors (Lipinski definition) is 3. The van der Waals surface area contributed by atoms with Crippen LogP contribution in [0.2, 0.25) is 5.02 Å². The zero-order valence-corrected chi connectivity index (χ0v) is 15.0. The van der Waals surface area contributed by atoms with Crippen LogP contribution in [0.4, 0.5) is 0 Å². The first-order valence-corrected chi connectivity index (χ1v) is 8.66. The molecule has 1 aliphatic carbocycles. The molecule has 1 aliphatic rings. The molecule has 0 unspecified atom stereocenters. The zero-order chi connectivity index (χ0) is 18.0. The lowest BCUT2D eigenvalue weighted by Gasteiger charge is -2.06. The van der Waals surface area contributed by atoms with E-state index in [1.807, 2.05) is 0 Å². The van der Waals surface area contributed by atoms with E-state index < -0.39 is 5.97 Å². The van der Waals surface area contributed by atoms with E-state index in [1.54, 1.807) is 30.3 Å². The predicted molar refractivity (Wildman–Crippen MR) is 98.0 cm³/mol. The number of ketones is 1. The summed E-state index contributed by atoms with van der Waals surface area (Å²) in [4.78, 5) is 23.9. The van der Waals surface area contributed by atoms with Gasteiger partial charge in [0.1, 0.15) is 0 Å². The van der Waals surface area contributed by atoms with Gasteiger partial charge in [-0.15, -0.1) is 0 Å². The van der Waals surface area contributed by atoms with Crippen molar-refractivity contribution in [1.82, 2.24) is 4.57 Å². The van der Waals surface area contributed by atoms with E-state index in [1.165, 1.54) is 24.6 Å². The van der Waals surface area contributed by atoms with Gasteiger partial charge in [0, 0.05) is 29.1 Å². The second-order valence-corrected chi connectivity index (χ2v) is 6.68. The van der Waals surface area contributed by atoms with Crippen LogP contribution in [0.25, 0.3) is 6.08 Å². The van der Waals surface area contributed by atoms with Crippen molar-refractivity contribution in [3.05, 3.63) is 63.9 Å². The Morgan fingerprint density at radius 3 is 2.68 bits per heavy atom. The highest BCUT2D eigenvalue weighted by molar-refractivity contribution is 6.34. The predicted octanol–water partition coefficient (Wildman–Crippen LogP) is 4.53. The lowest BCUT2D eigenvalue weighted by atomic mass is 10.1.